The van der Waals surface area contributed by atoms with Crippen molar-refractivity contribution in [3.05, 3.63) is 96.1 Å². The van der Waals surface area contributed by atoms with Crippen LogP contribution in [0, 0.1) is 0 Å². The molecule has 0 aromatic heterocycles. The summed E-state index contributed by atoms with van der Waals surface area (Å²) in [7, 11) is 0. The smallest absolute Gasteiger partial charge is 0.266 e. The van der Waals surface area contributed by atoms with E-state index in [1.54, 1.807) is 4.90 Å². The molecule has 1 saturated heterocycles. The van der Waals surface area contributed by atoms with Crippen molar-refractivity contribution in [3.63, 3.8) is 0 Å². The molecule has 3 aromatic carbocycles. The molecule has 1 atom stereocenters. The first kappa shape index (κ1) is 19.7. The van der Waals surface area contributed by atoms with E-state index in [1.807, 2.05) is 84.9 Å². The first-order chi connectivity index (χ1) is 14.7. The van der Waals surface area contributed by atoms with Crippen molar-refractivity contribution in [2.24, 2.45) is 0 Å². The molecule has 1 aliphatic rings. The summed E-state index contributed by atoms with van der Waals surface area (Å²) in [4.78, 5) is 26.8. The van der Waals surface area contributed by atoms with Crippen LogP contribution in [0.1, 0.15) is 30.1 Å². The van der Waals surface area contributed by atoms with Crippen LogP contribution >= 0.6 is 0 Å². The monoisotopic (exact) mass is 400 g/mol. The molecule has 0 spiro atoms. The minimum absolute atomic E-state index is 0.150. The number of nitrogens with zero attached hydrogens (tertiary/aromatic N) is 1. The summed E-state index contributed by atoms with van der Waals surface area (Å²) in [6, 6.07) is 26.5. The Labute approximate surface area is 176 Å². The predicted octanol–water partition coefficient (Wildman–Crippen LogP) is 4.25. The van der Waals surface area contributed by atoms with E-state index in [0.717, 1.165) is 29.8 Å². The van der Waals surface area contributed by atoms with Crippen molar-refractivity contribution in [1.82, 2.24) is 5.32 Å². The molecule has 5 nitrogen and oxygen atoms in total. The zero-order valence-electron chi connectivity index (χ0n) is 16.7. The molecule has 152 valence electrons. The van der Waals surface area contributed by atoms with Crippen LogP contribution in [-0.2, 0) is 16.1 Å². The highest BCUT2D eigenvalue weighted by atomic mass is 16.5. The van der Waals surface area contributed by atoms with E-state index in [2.05, 4.69) is 5.32 Å². The third-order valence-corrected chi connectivity index (χ3v) is 5.10. The highest BCUT2D eigenvalue weighted by molar-refractivity contribution is 5.95. The number of carbonyl (C=O) groups excluding carboxylic acids is 2. The number of benzene rings is 3. The SMILES string of the molecule is O=C(NCc1cccc(N2CCCC2=O)c1)[C@H](Oc1ccccc1)c1ccccc1. The van der Waals surface area contributed by atoms with Crippen LogP contribution in [0.4, 0.5) is 5.69 Å². The Kier molecular flexibility index (Phi) is 6.09. The largest absolute Gasteiger partial charge is 0.476 e. The molecular weight excluding hydrogens is 376 g/mol. The lowest BCUT2D eigenvalue weighted by Gasteiger charge is -2.20. The predicted molar refractivity (Wildman–Crippen MR) is 116 cm³/mol. The molecule has 30 heavy (non-hydrogen) atoms. The number of anilines is 1. The second kappa shape index (κ2) is 9.27. The van der Waals surface area contributed by atoms with Gasteiger partial charge in [-0.2, -0.15) is 0 Å². The van der Waals surface area contributed by atoms with E-state index in [0.29, 0.717) is 18.7 Å². The fraction of sp³-hybridized carbons (Fsp3) is 0.200. The number of nitrogens with one attached hydrogen (secondary N) is 1. The summed E-state index contributed by atoms with van der Waals surface area (Å²) in [6.07, 6.45) is 0.725. The Morgan fingerprint density at radius 3 is 2.40 bits per heavy atom. The molecule has 3 aromatic rings. The summed E-state index contributed by atoms with van der Waals surface area (Å²) in [5.41, 5.74) is 2.60. The van der Waals surface area contributed by atoms with Gasteiger partial charge in [-0.3, -0.25) is 9.59 Å². The summed E-state index contributed by atoms with van der Waals surface area (Å²) < 4.78 is 6.00. The van der Waals surface area contributed by atoms with Gasteiger partial charge in [0, 0.05) is 30.8 Å². The van der Waals surface area contributed by atoms with Gasteiger partial charge in [0.05, 0.1) is 0 Å². The first-order valence-corrected chi connectivity index (χ1v) is 10.1. The maximum absolute atomic E-state index is 13.0. The average Bonchev–Trinajstić information content (AvgIpc) is 3.23. The molecule has 1 N–H and O–H groups in total. The van der Waals surface area contributed by atoms with Gasteiger partial charge in [-0.05, 0) is 36.2 Å². The van der Waals surface area contributed by atoms with Crippen LogP contribution in [0.2, 0.25) is 0 Å². The molecule has 1 aliphatic heterocycles. The summed E-state index contributed by atoms with van der Waals surface area (Å²) in [5.74, 6) is 0.570. The summed E-state index contributed by atoms with van der Waals surface area (Å²) in [6.45, 7) is 1.10. The zero-order valence-corrected chi connectivity index (χ0v) is 16.7. The first-order valence-electron chi connectivity index (χ1n) is 10.1. The number of hydrogen-bond acceptors (Lipinski definition) is 3. The van der Waals surface area contributed by atoms with E-state index >= 15 is 0 Å². The van der Waals surface area contributed by atoms with Crippen molar-refractivity contribution in [1.29, 1.82) is 0 Å². The quantitative estimate of drug-likeness (QED) is 0.645. The fourth-order valence-corrected chi connectivity index (χ4v) is 3.57. The van der Waals surface area contributed by atoms with E-state index in [9.17, 15) is 9.59 Å². The maximum Gasteiger partial charge on any atom is 0.266 e. The standard InChI is InChI=1S/C25H24N2O3/c28-23-15-8-16-27(23)21-12-7-9-19(17-21)18-26-25(29)24(20-10-3-1-4-11-20)30-22-13-5-2-6-14-22/h1-7,9-14,17,24H,8,15-16,18H2,(H,26,29)/t24-/m1/s1. The topological polar surface area (TPSA) is 58.6 Å². The number of hydrogen-bond donors (Lipinski definition) is 1. The number of amides is 2. The molecule has 0 aliphatic carbocycles. The lowest BCUT2D eigenvalue weighted by atomic mass is 10.1. The van der Waals surface area contributed by atoms with Gasteiger partial charge >= 0.3 is 0 Å². The van der Waals surface area contributed by atoms with Crippen LogP contribution in [0.25, 0.3) is 0 Å². The molecule has 1 heterocycles. The van der Waals surface area contributed by atoms with Gasteiger partial charge in [-0.15, -0.1) is 0 Å². The van der Waals surface area contributed by atoms with Gasteiger partial charge in [-0.25, -0.2) is 0 Å². The third kappa shape index (κ3) is 4.69. The molecular formula is C25H24N2O3. The molecule has 0 bridgehead atoms. The van der Waals surface area contributed by atoms with Gasteiger partial charge in [0.1, 0.15) is 5.75 Å². The van der Waals surface area contributed by atoms with Crippen molar-refractivity contribution < 1.29 is 14.3 Å². The van der Waals surface area contributed by atoms with E-state index in [1.165, 1.54) is 0 Å². The Morgan fingerprint density at radius 1 is 0.967 bits per heavy atom. The molecule has 0 radical (unpaired) electrons. The van der Waals surface area contributed by atoms with Crippen molar-refractivity contribution >= 4 is 17.5 Å². The molecule has 2 amide bonds. The molecule has 5 heteroatoms. The van der Waals surface area contributed by atoms with Gasteiger partial charge < -0.3 is 15.0 Å². The normalized spacial score (nSPS) is 14.4. The third-order valence-electron chi connectivity index (χ3n) is 5.10. The van der Waals surface area contributed by atoms with Crippen LogP contribution in [-0.4, -0.2) is 18.4 Å². The molecule has 1 fully saturated rings. The Morgan fingerprint density at radius 2 is 1.70 bits per heavy atom. The van der Waals surface area contributed by atoms with Gasteiger partial charge in [0.15, 0.2) is 0 Å². The average molecular weight is 400 g/mol. The number of carbonyl (C=O) groups is 2. The van der Waals surface area contributed by atoms with Gasteiger partial charge in [0.2, 0.25) is 12.0 Å². The maximum atomic E-state index is 13.0. The Hall–Kier alpha value is -3.60. The second-order valence-corrected chi connectivity index (χ2v) is 7.26. The Bertz CT molecular complexity index is 1010. The molecule has 0 saturated carbocycles. The fourth-order valence-electron chi connectivity index (χ4n) is 3.57. The van der Waals surface area contributed by atoms with E-state index in [-0.39, 0.29) is 11.8 Å². The highest BCUT2D eigenvalue weighted by Crippen LogP contribution is 2.24. The van der Waals surface area contributed by atoms with Crippen molar-refractivity contribution in [3.8, 4) is 5.75 Å². The van der Waals surface area contributed by atoms with Gasteiger partial charge in [-0.1, -0.05) is 60.7 Å². The highest BCUT2D eigenvalue weighted by Gasteiger charge is 2.23. The minimum Gasteiger partial charge on any atom is -0.476 e. The minimum atomic E-state index is -0.753. The zero-order chi connectivity index (χ0) is 20.8. The van der Waals surface area contributed by atoms with Crippen LogP contribution < -0.4 is 15.0 Å². The number of para-hydroxylation sites is 1. The molecule has 4 rings (SSSR count). The Balaban J connectivity index is 1.47. The van der Waals surface area contributed by atoms with E-state index in [4.69, 9.17) is 4.74 Å². The van der Waals surface area contributed by atoms with E-state index < -0.39 is 6.10 Å². The van der Waals surface area contributed by atoms with Crippen LogP contribution in [0.15, 0.2) is 84.9 Å². The lowest BCUT2D eigenvalue weighted by molar-refractivity contribution is -0.128. The number of ether oxygens (including phenoxy) is 1. The second-order valence-electron chi connectivity index (χ2n) is 7.26. The van der Waals surface area contributed by atoms with Crippen LogP contribution in [0.5, 0.6) is 5.75 Å². The summed E-state index contributed by atoms with van der Waals surface area (Å²) >= 11 is 0. The van der Waals surface area contributed by atoms with Crippen LogP contribution in [0.3, 0.4) is 0 Å². The summed E-state index contributed by atoms with van der Waals surface area (Å²) in [5, 5.41) is 2.98. The number of rotatable bonds is 7. The van der Waals surface area contributed by atoms with Crippen molar-refractivity contribution in [2.75, 3.05) is 11.4 Å². The lowest BCUT2D eigenvalue weighted by Crippen LogP contribution is -2.32. The van der Waals surface area contributed by atoms with Gasteiger partial charge in [0.25, 0.3) is 5.91 Å². The molecule has 0 unspecified atom stereocenters. The van der Waals surface area contributed by atoms with Crippen molar-refractivity contribution in [2.45, 2.75) is 25.5 Å².